The van der Waals surface area contributed by atoms with Crippen molar-refractivity contribution in [3.63, 3.8) is 0 Å². The van der Waals surface area contributed by atoms with Crippen LogP contribution in [0.4, 0.5) is 0 Å². The molecule has 1 unspecified atom stereocenters. The van der Waals surface area contributed by atoms with Crippen molar-refractivity contribution in [3.8, 4) is 0 Å². The minimum atomic E-state index is 0.213. The zero-order valence-electron chi connectivity index (χ0n) is 8.63. The molecular weight excluding hydrogens is 178 g/mol. The summed E-state index contributed by atoms with van der Waals surface area (Å²) in [6, 6.07) is 0. The zero-order valence-corrected chi connectivity index (χ0v) is 8.63. The van der Waals surface area contributed by atoms with Crippen LogP contribution in [-0.2, 0) is 9.53 Å². The number of carbonyl (C=O) groups is 1. The molecule has 2 aliphatic heterocycles. The van der Waals surface area contributed by atoms with E-state index < -0.39 is 0 Å². The van der Waals surface area contributed by atoms with Crippen molar-refractivity contribution in [1.29, 1.82) is 0 Å². The van der Waals surface area contributed by atoms with Crippen molar-refractivity contribution in [2.75, 3.05) is 26.3 Å². The second kappa shape index (κ2) is 4.89. The van der Waals surface area contributed by atoms with Gasteiger partial charge in [0, 0.05) is 18.9 Å². The maximum Gasteiger partial charge on any atom is 0.138 e. The number of ketones is 1. The summed E-state index contributed by atoms with van der Waals surface area (Å²) in [5, 5.41) is 3.32. The molecule has 2 aliphatic rings. The van der Waals surface area contributed by atoms with Gasteiger partial charge in [0.05, 0.1) is 6.61 Å². The van der Waals surface area contributed by atoms with E-state index in [1.807, 2.05) is 0 Å². The van der Waals surface area contributed by atoms with Crippen LogP contribution in [0.25, 0.3) is 0 Å². The number of Topliss-reactive ketones (excluding diaryl/α,β-unsaturated/α-hetero) is 1. The van der Waals surface area contributed by atoms with Crippen LogP contribution in [-0.4, -0.2) is 32.1 Å². The van der Waals surface area contributed by atoms with E-state index in [0.717, 1.165) is 32.5 Å². The third-order valence-electron chi connectivity index (χ3n) is 3.33. The van der Waals surface area contributed by atoms with E-state index >= 15 is 0 Å². The van der Waals surface area contributed by atoms with Gasteiger partial charge in [-0.2, -0.15) is 0 Å². The van der Waals surface area contributed by atoms with Gasteiger partial charge >= 0.3 is 0 Å². The molecular formula is C11H19NO2. The topological polar surface area (TPSA) is 38.3 Å². The van der Waals surface area contributed by atoms with Gasteiger partial charge < -0.3 is 10.1 Å². The molecule has 0 aliphatic carbocycles. The van der Waals surface area contributed by atoms with Crippen LogP contribution in [0.2, 0.25) is 0 Å². The Bertz CT molecular complexity index is 193. The van der Waals surface area contributed by atoms with Crippen molar-refractivity contribution in [2.24, 2.45) is 11.8 Å². The molecule has 0 radical (unpaired) electrons. The molecule has 0 aromatic rings. The average molecular weight is 197 g/mol. The third-order valence-corrected chi connectivity index (χ3v) is 3.33. The maximum absolute atomic E-state index is 11.8. The average Bonchev–Trinajstić information content (AvgIpc) is 2.72. The molecule has 3 heteroatoms. The van der Waals surface area contributed by atoms with E-state index in [4.69, 9.17) is 4.74 Å². The van der Waals surface area contributed by atoms with E-state index in [1.165, 1.54) is 12.8 Å². The fraction of sp³-hybridized carbons (Fsp3) is 0.909. The number of rotatable bonds is 3. The number of ether oxygens (including phenoxy) is 1. The predicted molar refractivity (Wildman–Crippen MR) is 54.1 cm³/mol. The minimum absolute atomic E-state index is 0.213. The highest BCUT2D eigenvalue weighted by Crippen LogP contribution is 2.22. The number of hydrogen-bond donors (Lipinski definition) is 1. The lowest BCUT2D eigenvalue weighted by Crippen LogP contribution is -2.30. The lowest BCUT2D eigenvalue weighted by molar-refractivity contribution is -0.123. The second-order valence-corrected chi connectivity index (χ2v) is 4.42. The van der Waals surface area contributed by atoms with Gasteiger partial charge in [-0.3, -0.25) is 4.79 Å². The number of carbonyl (C=O) groups excluding carboxylic acids is 1. The minimum Gasteiger partial charge on any atom is -0.381 e. The van der Waals surface area contributed by atoms with Crippen LogP contribution in [0, 0.1) is 11.8 Å². The first kappa shape index (κ1) is 10.1. The van der Waals surface area contributed by atoms with E-state index in [0.29, 0.717) is 18.3 Å². The highest BCUT2D eigenvalue weighted by molar-refractivity contribution is 5.81. The van der Waals surface area contributed by atoms with E-state index in [9.17, 15) is 4.79 Å². The van der Waals surface area contributed by atoms with Crippen LogP contribution in [0.15, 0.2) is 0 Å². The van der Waals surface area contributed by atoms with Gasteiger partial charge in [-0.15, -0.1) is 0 Å². The Hall–Kier alpha value is -0.410. The van der Waals surface area contributed by atoms with E-state index in [1.54, 1.807) is 0 Å². The highest BCUT2D eigenvalue weighted by Gasteiger charge is 2.26. The van der Waals surface area contributed by atoms with Crippen molar-refractivity contribution >= 4 is 5.78 Å². The molecule has 0 amide bonds. The Balaban J connectivity index is 1.75. The largest absolute Gasteiger partial charge is 0.381 e. The van der Waals surface area contributed by atoms with Crippen molar-refractivity contribution in [3.05, 3.63) is 0 Å². The molecule has 2 fully saturated rings. The Morgan fingerprint density at radius 1 is 1.29 bits per heavy atom. The summed E-state index contributed by atoms with van der Waals surface area (Å²) in [6.45, 7) is 3.62. The Morgan fingerprint density at radius 3 is 2.71 bits per heavy atom. The fourth-order valence-electron chi connectivity index (χ4n) is 2.33. The van der Waals surface area contributed by atoms with Gasteiger partial charge in [0.2, 0.25) is 0 Å². The van der Waals surface area contributed by atoms with Gasteiger partial charge in [0.1, 0.15) is 5.78 Å². The Morgan fingerprint density at radius 2 is 2.07 bits per heavy atom. The van der Waals surface area contributed by atoms with Crippen LogP contribution in [0.3, 0.4) is 0 Å². The molecule has 0 bridgehead atoms. The van der Waals surface area contributed by atoms with E-state index in [2.05, 4.69) is 5.32 Å². The summed E-state index contributed by atoms with van der Waals surface area (Å²) >= 11 is 0. The summed E-state index contributed by atoms with van der Waals surface area (Å²) in [5.74, 6) is 1.28. The molecule has 1 N–H and O–H groups in total. The first-order valence-electron chi connectivity index (χ1n) is 5.67. The summed E-state index contributed by atoms with van der Waals surface area (Å²) in [4.78, 5) is 11.8. The normalized spacial score (nSPS) is 29.3. The van der Waals surface area contributed by atoms with Gasteiger partial charge in [0.25, 0.3) is 0 Å². The molecule has 0 aromatic heterocycles. The molecule has 0 aromatic carbocycles. The number of piperidine rings is 1. The Kier molecular flexibility index (Phi) is 3.54. The monoisotopic (exact) mass is 197 g/mol. The first-order valence-corrected chi connectivity index (χ1v) is 5.67. The van der Waals surface area contributed by atoms with Crippen molar-refractivity contribution in [2.45, 2.75) is 25.7 Å². The Labute approximate surface area is 85.2 Å². The fourth-order valence-corrected chi connectivity index (χ4v) is 2.33. The highest BCUT2D eigenvalue weighted by atomic mass is 16.5. The summed E-state index contributed by atoms with van der Waals surface area (Å²) in [6.07, 6.45) is 4.07. The number of hydrogen-bond acceptors (Lipinski definition) is 3. The van der Waals surface area contributed by atoms with Crippen LogP contribution < -0.4 is 5.32 Å². The third kappa shape index (κ3) is 2.55. The molecule has 2 saturated heterocycles. The summed E-state index contributed by atoms with van der Waals surface area (Å²) in [7, 11) is 0. The van der Waals surface area contributed by atoms with Crippen molar-refractivity contribution < 1.29 is 9.53 Å². The molecule has 80 valence electrons. The lowest BCUT2D eigenvalue weighted by Gasteiger charge is -2.22. The summed E-state index contributed by atoms with van der Waals surface area (Å²) < 4.78 is 5.23. The summed E-state index contributed by atoms with van der Waals surface area (Å²) in [5.41, 5.74) is 0. The van der Waals surface area contributed by atoms with Crippen LogP contribution >= 0.6 is 0 Å². The van der Waals surface area contributed by atoms with Gasteiger partial charge in [-0.25, -0.2) is 0 Å². The SMILES string of the molecule is O=C(CC1CCNCC1)C1CCOC1. The predicted octanol–water partition coefficient (Wildman–Crippen LogP) is 0.982. The maximum atomic E-state index is 11.8. The molecule has 2 rings (SSSR count). The van der Waals surface area contributed by atoms with Crippen LogP contribution in [0.5, 0.6) is 0 Å². The van der Waals surface area contributed by atoms with E-state index in [-0.39, 0.29) is 5.92 Å². The second-order valence-electron chi connectivity index (χ2n) is 4.42. The lowest BCUT2D eigenvalue weighted by atomic mass is 9.88. The quantitative estimate of drug-likeness (QED) is 0.733. The van der Waals surface area contributed by atoms with Crippen molar-refractivity contribution in [1.82, 2.24) is 5.32 Å². The number of nitrogens with one attached hydrogen (secondary N) is 1. The van der Waals surface area contributed by atoms with Gasteiger partial charge in [-0.05, 0) is 38.3 Å². The molecule has 14 heavy (non-hydrogen) atoms. The van der Waals surface area contributed by atoms with Gasteiger partial charge in [0.15, 0.2) is 0 Å². The molecule has 0 spiro atoms. The first-order chi connectivity index (χ1) is 6.86. The smallest absolute Gasteiger partial charge is 0.138 e. The molecule has 3 nitrogen and oxygen atoms in total. The zero-order chi connectivity index (χ0) is 9.80. The molecule has 1 atom stereocenters. The molecule has 0 saturated carbocycles. The standard InChI is InChI=1S/C11H19NO2/c13-11(10-3-6-14-8-10)7-9-1-4-12-5-2-9/h9-10,12H,1-8H2. The van der Waals surface area contributed by atoms with Gasteiger partial charge in [-0.1, -0.05) is 0 Å². The molecule has 2 heterocycles. The van der Waals surface area contributed by atoms with Crippen LogP contribution in [0.1, 0.15) is 25.7 Å².